The summed E-state index contributed by atoms with van der Waals surface area (Å²) in [6, 6.07) is 4.03. The Balaban J connectivity index is 1.14. The van der Waals surface area contributed by atoms with Gasteiger partial charge in [-0.25, -0.2) is 9.37 Å². The highest BCUT2D eigenvalue weighted by Crippen LogP contribution is 2.60. The topological polar surface area (TPSA) is 84.7 Å². The normalized spacial score (nSPS) is 24.1. The van der Waals surface area contributed by atoms with E-state index in [2.05, 4.69) is 15.6 Å². The number of aryl methyl sites for hydroxylation is 1. The molecular formula is C20H18ClFN4O3S. The van der Waals surface area contributed by atoms with Gasteiger partial charge in [0, 0.05) is 28.7 Å². The molecule has 3 aliphatic rings. The smallest absolute Gasteiger partial charge is 0.270 e. The van der Waals surface area contributed by atoms with Crippen LogP contribution in [0, 0.1) is 12.7 Å². The van der Waals surface area contributed by atoms with Crippen molar-refractivity contribution in [2.75, 3.05) is 6.61 Å². The number of carbonyl (C=O) groups is 2. The molecule has 7 nitrogen and oxygen atoms in total. The highest BCUT2D eigenvalue weighted by Gasteiger charge is 2.69. The monoisotopic (exact) mass is 448 g/mol. The number of nitrogens with zero attached hydrogens (tertiary/aromatic N) is 2. The van der Waals surface area contributed by atoms with E-state index in [4.69, 9.17) is 16.3 Å². The van der Waals surface area contributed by atoms with Crippen molar-refractivity contribution >= 4 is 39.7 Å². The van der Waals surface area contributed by atoms with Gasteiger partial charge in [-0.3, -0.25) is 14.0 Å². The molecule has 0 saturated heterocycles. The second-order valence-electron chi connectivity index (χ2n) is 8.06. The number of thiazole rings is 1. The number of aromatic nitrogens is 2. The van der Waals surface area contributed by atoms with Crippen molar-refractivity contribution in [2.24, 2.45) is 0 Å². The molecule has 3 fully saturated rings. The van der Waals surface area contributed by atoms with Crippen molar-refractivity contribution in [3.63, 3.8) is 0 Å². The van der Waals surface area contributed by atoms with Crippen LogP contribution in [0.4, 0.5) is 4.39 Å². The zero-order valence-electron chi connectivity index (χ0n) is 16.0. The Morgan fingerprint density at radius 1 is 1.30 bits per heavy atom. The van der Waals surface area contributed by atoms with Crippen molar-refractivity contribution in [3.8, 4) is 5.75 Å². The molecule has 2 bridgehead atoms. The van der Waals surface area contributed by atoms with Gasteiger partial charge in [0.1, 0.15) is 17.3 Å². The van der Waals surface area contributed by atoms with E-state index >= 15 is 0 Å². The molecule has 3 aliphatic carbocycles. The number of carbonyl (C=O) groups excluding carboxylic acids is 2. The molecule has 2 heterocycles. The number of halogens is 2. The Morgan fingerprint density at radius 3 is 2.77 bits per heavy atom. The Bertz CT molecular complexity index is 1170. The lowest BCUT2D eigenvalue weighted by Gasteiger charge is -2.70. The van der Waals surface area contributed by atoms with E-state index in [9.17, 15) is 14.0 Å². The molecule has 0 unspecified atom stereocenters. The van der Waals surface area contributed by atoms with Gasteiger partial charge in [0.05, 0.1) is 10.7 Å². The molecule has 0 atom stereocenters. The van der Waals surface area contributed by atoms with Gasteiger partial charge in [0.2, 0.25) is 0 Å². The molecule has 2 N–H and O–H groups in total. The van der Waals surface area contributed by atoms with Crippen LogP contribution >= 0.6 is 22.9 Å². The van der Waals surface area contributed by atoms with Crippen LogP contribution in [0.1, 0.15) is 35.4 Å². The van der Waals surface area contributed by atoms with Gasteiger partial charge in [-0.15, -0.1) is 11.3 Å². The van der Waals surface area contributed by atoms with Crippen molar-refractivity contribution in [2.45, 2.75) is 37.3 Å². The first-order valence-corrected chi connectivity index (χ1v) is 10.7. The maximum atomic E-state index is 13.4. The van der Waals surface area contributed by atoms with Gasteiger partial charge in [-0.1, -0.05) is 11.6 Å². The fourth-order valence-electron chi connectivity index (χ4n) is 4.57. The number of fused-ring (bicyclic) bond motifs is 1. The summed E-state index contributed by atoms with van der Waals surface area (Å²) in [6.07, 6.45) is 3.87. The van der Waals surface area contributed by atoms with E-state index in [1.165, 1.54) is 23.5 Å². The Kier molecular flexibility index (Phi) is 4.30. The molecule has 0 spiro atoms. The van der Waals surface area contributed by atoms with Crippen LogP contribution in [-0.2, 0) is 4.79 Å². The summed E-state index contributed by atoms with van der Waals surface area (Å²) in [7, 11) is 0. The summed E-state index contributed by atoms with van der Waals surface area (Å²) in [5.41, 5.74) is 0.669. The Labute approximate surface area is 180 Å². The second kappa shape index (κ2) is 6.68. The van der Waals surface area contributed by atoms with E-state index < -0.39 is 5.82 Å². The summed E-state index contributed by atoms with van der Waals surface area (Å²) in [4.78, 5) is 30.2. The molecule has 0 aliphatic heterocycles. The van der Waals surface area contributed by atoms with Crippen LogP contribution in [-0.4, -0.2) is 38.9 Å². The molecule has 10 heteroatoms. The standard InChI is InChI=1S/C20H18ClFN4O3S/c1-11-16(26-4-5-30-18(26)23-11)17(28)25-20-8-19(9-20,10-20)24-15(27)7-29-12-2-3-13(21)14(22)6-12/h2-6H,7-10H2,1H3,(H,24,27)(H,25,28). The number of ether oxygens (including phenoxy) is 1. The minimum absolute atomic E-state index is 0.00105. The molecule has 1 aromatic carbocycles. The van der Waals surface area contributed by atoms with Crippen LogP contribution in [0.2, 0.25) is 5.02 Å². The molecular weight excluding hydrogens is 431 g/mol. The van der Waals surface area contributed by atoms with Crippen LogP contribution in [0.5, 0.6) is 5.75 Å². The predicted molar refractivity (Wildman–Crippen MR) is 110 cm³/mol. The van der Waals surface area contributed by atoms with E-state index in [0.717, 1.165) is 11.0 Å². The summed E-state index contributed by atoms with van der Waals surface area (Å²) in [6.45, 7) is 1.61. The minimum atomic E-state index is -0.597. The average molecular weight is 449 g/mol. The quantitative estimate of drug-likeness (QED) is 0.607. The maximum absolute atomic E-state index is 13.4. The first-order chi connectivity index (χ1) is 14.3. The van der Waals surface area contributed by atoms with Gasteiger partial charge in [-0.2, -0.15) is 0 Å². The van der Waals surface area contributed by atoms with Crippen LogP contribution in [0.3, 0.4) is 0 Å². The van der Waals surface area contributed by atoms with E-state index in [1.807, 2.05) is 18.5 Å². The highest BCUT2D eigenvalue weighted by atomic mass is 35.5. The number of imidazole rings is 1. The zero-order valence-corrected chi connectivity index (χ0v) is 17.6. The zero-order chi connectivity index (χ0) is 21.1. The average Bonchev–Trinajstić information content (AvgIpc) is 3.19. The largest absolute Gasteiger partial charge is 0.484 e. The summed E-state index contributed by atoms with van der Waals surface area (Å²) in [5, 5.41) is 7.99. The molecule has 2 amide bonds. The fourth-order valence-corrected chi connectivity index (χ4v) is 5.45. The number of nitrogens with one attached hydrogen (secondary N) is 2. The van der Waals surface area contributed by atoms with Gasteiger partial charge in [0.25, 0.3) is 11.8 Å². The lowest BCUT2D eigenvalue weighted by atomic mass is 9.44. The number of rotatable bonds is 6. The first kappa shape index (κ1) is 19.3. The third-order valence-electron chi connectivity index (χ3n) is 5.73. The molecule has 0 radical (unpaired) electrons. The van der Waals surface area contributed by atoms with Gasteiger partial charge >= 0.3 is 0 Å². The van der Waals surface area contributed by atoms with Crippen molar-refractivity contribution in [1.82, 2.24) is 20.0 Å². The number of hydrogen-bond acceptors (Lipinski definition) is 5. The molecule has 3 saturated carbocycles. The maximum Gasteiger partial charge on any atom is 0.270 e. The third-order valence-corrected chi connectivity index (χ3v) is 6.79. The highest BCUT2D eigenvalue weighted by molar-refractivity contribution is 7.15. The molecule has 2 aromatic heterocycles. The number of amides is 2. The minimum Gasteiger partial charge on any atom is -0.484 e. The summed E-state index contributed by atoms with van der Waals surface area (Å²) in [5.74, 6) is -0.785. The van der Waals surface area contributed by atoms with Crippen LogP contribution in [0.25, 0.3) is 4.96 Å². The second-order valence-corrected chi connectivity index (χ2v) is 9.34. The fraction of sp³-hybridized carbons (Fsp3) is 0.350. The molecule has 6 rings (SSSR count). The summed E-state index contributed by atoms with van der Waals surface area (Å²) < 4.78 is 20.6. The lowest BCUT2D eigenvalue weighted by Crippen LogP contribution is -2.84. The lowest BCUT2D eigenvalue weighted by molar-refractivity contribution is -0.141. The van der Waals surface area contributed by atoms with Crippen molar-refractivity contribution < 1.29 is 18.7 Å². The van der Waals surface area contributed by atoms with E-state index in [1.54, 1.807) is 4.40 Å². The molecule has 30 heavy (non-hydrogen) atoms. The Morgan fingerprint density at radius 2 is 2.03 bits per heavy atom. The molecule has 3 aromatic rings. The SMILES string of the molecule is Cc1nc2sccn2c1C(=O)NC12CC(NC(=O)COc3ccc(Cl)c(F)c3)(C1)C2. The van der Waals surface area contributed by atoms with Gasteiger partial charge in [-0.05, 0) is 38.3 Å². The van der Waals surface area contributed by atoms with Crippen molar-refractivity contribution in [3.05, 3.63) is 52.0 Å². The number of hydrogen-bond donors (Lipinski definition) is 2. The predicted octanol–water partition coefficient (Wildman–Crippen LogP) is 3.10. The van der Waals surface area contributed by atoms with Crippen molar-refractivity contribution in [1.29, 1.82) is 0 Å². The van der Waals surface area contributed by atoms with Gasteiger partial charge < -0.3 is 15.4 Å². The third kappa shape index (κ3) is 3.13. The van der Waals surface area contributed by atoms with E-state index in [0.29, 0.717) is 30.7 Å². The van der Waals surface area contributed by atoms with Crippen LogP contribution in [0.15, 0.2) is 29.8 Å². The van der Waals surface area contributed by atoms with E-state index in [-0.39, 0.29) is 40.3 Å². The Hall–Kier alpha value is -2.65. The number of benzene rings is 1. The molecule has 156 valence electrons. The first-order valence-electron chi connectivity index (χ1n) is 9.42. The summed E-state index contributed by atoms with van der Waals surface area (Å²) >= 11 is 7.11. The van der Waals surface area contributed by atoms with Gasteiger partial charge in [0.15, 0.2) is 11.6 Å². The van der Waals surface area contributed by atoms with Crippen LogP contribution < -0.4 is 15.4 Å².